The van der Waals surface area contributed by atoms with E-state index in [1.165, 1.54) is 0 Å². The molecule has 0 aliphatic carbocycles. The molecule has 0 N–H and O–H groups in total. The van der Waals surface area contributed by atoms with Crippen LogP contribution in [0.3, 0.4) is 0 Å². The van der Waals surface area contributed by atoms with Gasteiger partial charge in [-0.25, -0.2) is 0 Å². The molecule has 0 unspecified atom stereocenters. The van der Waals surface area contributed by atoms with Crippen molar-refractivity contribution in [3.05, 3.63) is 28.2 Å². The fourth-order valence-corrected chi connectivity index (χ4v) is 2.35. The summed E-state index contributed by atoms with van der Waals surface area (Å²) in [5, 5.41) is 0. The summed E-state index contributed by atoms with van der Waals surface area (Å²) in [4.78, 5) is 11.3. The number of ketones is 1. The molecule has 3 nitrogen and oxygen atoms in total. The summed E-state index contributed by atoms with van der Waals surface area (Å²) < 4.78 is 12.5. The largest absolute Gasteiger partial charge is 0.463 e. The molecular formula is C13H15BrO3. The van der Waals surface area contributed by atoms with Gasteiger partial charge in [0.2, 0.25) is 5.79 Å². The topological polar surface area (TPSA) is 35.5 Å². The molecule has 0 amide bonds. The molecule has 0 aromatic heterocycles. The Bertz CT molecular complexity index is 454. The highest BCUT2D eigenvalue weighted by molar-refractivity contribution is 9.10. The Labute approximate surface area is 109 Å². The van der Waals surface area contributed by atoms with Crippen LogP contribution in [0.15, 0.2) is 22.7 Å². The third-order valence-electron chi connectivity index (χ3n) is 2.57. The molecule has 1 aliphatic rings. The van der Waals surface area contributed by atoms with Crippen molar-refractivity contribution in [2.24, 2.45) is 0 Å². The zero-order valence-corrected chi connectivity index (χ0v) is 11.7. The monoisotopic (exact) mass is 298 g/mol. The van der Waals surface area contributed by atoms with E-state index in [0.29, 0.717) is 6.42 Å². The lowest BCUT2D eigenvalue weighted by Gasteiger charge is -2.37. The van der Waals surface area contributed by atoms with Crippen molar-refractivity contribution in [2.75, 3.05) is 0 Å². The molecule has 1 aromatic rings. The van der Waals surface area contributed by atoms with Crippen molar-refractivity contribution in [2.45, 2.75) is 39.1 Å². The summed E-state index contributed by atoms with van der Waals surface area (Å²) in [7, 11) is 0. The smallest absolute Gasteiger partial charge is 0.205 e. The summed E-state index contributed by atoms with van der Waals surface area (Å²) in [5.41, 5.74) is 0.925. The molecule has 0 bridgehead atoms. The zero-order valence-electron chi connectivity index (χ0n) is 10.1. The Morgan fingerprint density at radius 2 is 2.18 bits per heavy atom. The van der Waals surface area contributed by atoms with Crippen LogP contribution < -0.4 is 4.74 Å². The molecule has 4 heteroatoms. The summed E-state index contributed by atoms with van der Waals surface area (Å²) >= 11 is 3.42. The van der Waals surface area contributed by atoms with Crippen LogP contribution in [0.5, 0.6) is 5.75 Å². The van der Waals surface area contributed by atoms with Crippen molar-refractivity contribution in [3.8, 4) is 5.75 Å². The first-order valence-electron chi connectivity index (χ1n) is 5.53. The van der Waals surface area contributed by atoms with Crippen molar-refractivity contribution >= 4 is 21.7 Å². The van der Waals surface area contributed by atoms with Crippen LogP contribution in [0.1, 0.15) is 38.9 Å². The SMILES string of the molecule is CC(=O)C[C@H]1OC(C)(C)Oc2ccc(Br)cc21. The minimum absolute atomic E-state index is 0.110. The first kappa shape index (κ1) is 12.6. The molecule has 0 fully saturated rings. The maximum atomic E-state index is 11.3. The van der Waals surface area contributed by atoms with Crippen LogP contribution in [0, 0.1) is 0 Å². The molecule has 1 heterocycles. The summed E-state index contributed by atoms with van der Waals surface area (Å²) in [6.45, 7) is 5.28. The summed E-state index contributed by atoms with van der Waals surface area (Å²) in [5.74, 6) is 0.204. The maximum Gasteiger partial charge on any atom is 0.205 e. The second kappa shape index (κ2) is 4.42. The molecule has 0 radical (unpaired) electrons. The van der Waals surface area contributed by atoms with Crippen molar-refractivity contribution in [1.82, 2.24) is 0 Å². The number of benzene rings is 1. The van der Waals surface area contributed by atoms with Gasteiger partial charge in [-0.2, -0.15) is 0 Å². The van der Waals surface area contributed by atoms with Crippen LogP contribution >= 0.6 is 15.9 Å². The Morgan fingerprint density at radius 3 is 2.82 bits per heavy atom. The number of carbonyl (C=O) groups is 1. The molecule has 2 rings (SSSR count). The molecule has 0 saturated heterocycles. The van der Waals surface area contributed by atoms with E-state index in [0.717, 1.165) is 15.8 Å². The van der Waals surface area contributed by atoms with Crippen LogP contribution in [0.25, 0.3) is 0 Å². The van der Waals surface area contributed by atoms with Crippen molar-refractivity contribution in [3.63, 3.8) is 0 Å². The third kappa shape index (κ3) is 2.87. The van der Waals surface area contributed by atoms with Crippen LogP contribution in [-0.4, -0.2) is 11.6 Å². The van der Waals surface area contributed by atoms with Crippen LogP contribution in [-0.2, 0) is 9.53 Å². The Balaban J connectivity index is 2.40. The van der Waals surface area contributed by atoms with E-state index in [1.807, 2.05) is 32.0 Å². The molecule has 1 aromatic carbocycles. The minimum atomic E-state index is -0.694. The van der Waals surface area contributed by atoms with E-state index >= 15 is 0 Å². The fraction of sp³-hybridized carbons (Fsp3) is 0.462. The van der Waals surface area contributed by atoms with E-state index in [4.69, 9.17) is 9.47 Å². The highest BCUT2D eigenvalue weighted by atomic mass is 79.9. The van der Waals surface area contributed by atoms with Crippen LogP contribution in [0.2, 0.25) is 0 Å². The maximum absolute atomic E-state index is 11.3. The first-order chi connectivity index (χ1) is 7.87. The summed E-state index contributed by atoms with van der Waals surface area (Å²) in [6.07, 6.45) is 0.139. The average molecular weight is 299 g/mol. The lowest BCUT2D eigenvalue weighted by Crippen LogP contribution is -2.38. The normalized spacial score (nSPS) is 21.5. The molecule has 1 aliphatic heterocycles. The number of rotatable bonds is 2. The van der Waals surface area contributed by atoms with Gasteiger partial charge in [-0.05, 0) is 25.1 Å². The molecule has 92 valence electrons. The Morgan fingerprint density at radius 1 is 1.47 bits per heavy atom. The average Bonchev–Trinajstić information content (AvgIpc) is 2.17. The number of hydrogen-bond donors (Lipinski definition) is 0. The number of hydrogen-bond acceptors (Lipinski definition) is 3. The van der Waals surface area contributed by atoms with Gasteiger partial charge in [-0.15, -0.1) is 0 Å². The van der Waals surface area contributed by atoms with Gasteiger partial charge in [0, 0.05) is 30.3 Å². The van der Waals surface area contributed by atoms with Gasteiger partial charge in [-0.3, -0.25) is 4.79 Å². The molecule has 0 spiro atoms. The van der Waals surface area contributed by atoms with Crippen molar-refractivity contribution in [1.29, 1.82) is 0 Å². The highest BCUT2D eigenvalue weighted by Gasteiger charge is 2.34. The fourth-order valence-electron chi connectivity index (χ4n) is 1.97. The number of ether oxygens (including phenoxy) is 2. The van der Waals surface area contributed by atoms with E-state index in [9.17, 15) is 4.79 Å². The van der Waals surface area contributed by atoms with Gasteiger partial charge in [-0.1, -0.05) is 15.9 Å². The third-order valence-corrected chi connectivity index (χ3v) is 3.07. The van der Waals surface area contributed by atoms with Gasteiger partial charge >= 0.3 is 0 Å². The van der Waals surface area contributed by atoms with E-state index < -0.39 is 5.79 Å². The van der Waals surface area contributed by atoms with Gasteiger partial charge in [0.1, 0.15) is 11.5 Å². The minimum Gasteiger partial charge on any atom is -0.463 e. The second-order valence-electron chi connectivity index (χ2n) is 4.70. The van der Waals surface area contributed by atoms with Crippen molar-refractivity contribution < 1.29 is 14.3 Å². The lowest BCUT2D eigenvalue weighted by molar-refractivity contribution is -0.207. The second-order valence-corrected chi connectivity index (χ2v) is 5.61. The van der Waals surface area contributed by atoms with Crippen LogP contribution in [0.4, 0.5) is 0 Å². The Hall–Kier alpha value is -0.870. The molecular weight excluding hydrogens is 284 g/mol. The Kier molecular flexibility index (Phi) is 3.27. The van der Waals surface area contributed by atoms with Gasteiger partial charge in [0.05, 0.1) is 6.10 Å². The standard InChI is InChI=1S/C13H15BrO3/c1-8(15)6-12-10-7-9(14)4-5-11(10)16-13(2,3)17-12/h4-5,7,12H,6H2,1-3H3/t12-/m1/s1. The highest BCUT2D eigenvalue weighted by Crippen LogP contribution is 2.41. The van der Waals surface area contributed by atoms with Gasteiger partial charge in [0.25, 0.3) is 0 Å². The van der Waals surface area contributed by atoms with E-state index in [2.05, 4.69) is 15.9 Å². The van der Waals surface area contributed by atoms with E-state index in [1.54, 1.807) is 6.92 Å². The molecule has 1 atom stereocenters. The number of carbonyl (C=O) groups excluding carboxylic acids is 1. The predicted molar refractivity (Wildman–Crippen MR) is 68.0 cm³/mol. The van der Waals surface area contributed by atoms with E-state index in [-0.39, 0.29) is 11.9 Å². The summed E-state index contributed by atoms with van der Waals surface area (Å²) in [6, 6.07) is 5.76. The molecule has 0 saturated carbocycles. The quantitative estimate of drug-likeness (QED) is 0.837. The number of fused-ring (bicyclic) bond motifs is 1. The number of halogens is 1. The number of Topliss-reactive ketones (excluding diaryl/α,β-unsaturated/α-hetero) is 1. The predicted octanol–water partition coefficient (Wildman–Crippen LogP) is 3.61. The van der Waals surface area contributed by atoms with Gasteiger partial charge < -0.3 is 9.47 Å². The van der Waals surface area contributed by atoms with Gasteiger partial charge in [0.15, 0.2) is 0 Å². The molecule has 17 heavy (non-hydrogen) atoms. The zero-order chi connectivity index (χ0) is 12.6. The first-order valence-corrected chi connectivity index (χ1v) is 6.32. The lowest BCUT2D eigenvalue weighted by atomic mass is 10.0.